The summed E-state index contributed by atoms with van der Waals surface area (Å²) in [6.07, 6.45) is -7.66. The van der Waals surface area contributed by atoms with E-state index in [4.69, 9.17) is 21.4 Å². The van der Waals surface area contributed by atoms with Crippen LogP contribution in [0.3, 0.4) is 0 Å². The van der Waals surface area contributed by atoms with Gasteiger partial charge in [0.2, 0.25) is 5.16 Å². The average molecular weight is 689 g/mol. The number of hydrogen-bond donors (Lipinski definition) is 3. The monoisotopic (exact) mass is 688 g/mol. The van der Waals surface area contributed by atoms with Crippen molar-refractivity contribution in [1.82, 2.24) is 4.98 Å². The zero-order valence-electron chi connectivity index (χ0n) is 23.5. The van der Waals surface area contributed by atoms with Gasteiger partial charge in [0.1, 0.15) is 22.9 Å². The highest BCUT2D eigenvalue weighted by Crippen LogP contribution is 2.45. The zero-order valence-corrected chi connectivity index (χ0v) is 25.0. The fourth-order valence-electron chi connectivity index (χ4n) is 4.63. The summed E-state index contributed by atoms with van der Waals surface area (Å²) in [6, 6.07) is 10.1. The number of nitrogens with zero attached hydrogens (tertiary/aromatic N) is 1. The summed E-state index contributed by atoms with van der Waals surface area (Å²) in [7, 11) is -4.01. The van der Waals surface area contributed by atoms with Gasteiger partial charge in [-0.2, -0.15) is 13.2 Å². The van der Waals surface area contributed by atoms with Crippen LogP contribution in [0.15, 0.2) is 69.1 Å². The largest absolute Gasteiger partial charge is 0.586 e. The summed E-state index contributed by atoms with van der Waals surface area (Å²) in [5, 5.41) is 17.4. The minimum absolute atomic E-state index is 0.0256. The highest BCUT2D eigenvalue weighted by molar-refractivity contribution is 7.90. The molecule has 9 nitrogen and oxygen atoms in total. The molecule has 0 fully saturated rings. The van der Waals surface area contributed by atoms with E-state index >= 15 is 4.39 Å². The van der Waals surface area contributed by atoms with Crippen LogP contribution < -0.4 is 14.8 Å². The third kappa shape index (κ3) is 6.74. The Kier molecular flexibility index (Phi) is 8.44. The van der Waals surface area contributed by atoms with Crippen LogP contribution in [-0.4, -0.2) is 42.9 Å². The van der Waals surface area contributed by atoms with Gasteiger partial charge in [0.25, 0.3) is 0 Å². The Morgan fingerprint density at radius 2 is 1.74 bits per heavy atom. The minimum atomic E-state index is -4.98. The number of allylic oxidation sites excluding steroid dienone is 1. The van der Waals surface area contributed by atoms with Crippen LogP contribution in [0.4, 0.5) is 32.0 Å². The van der Waals surface area contributed by atoms with E-state index in [1.807, 2.05) is 0 Å². The summed E-state index contributed by atoms with van der Waals surface area (Å²) < 4.78 is 121. The van der Waals surface area contributed by atoms with Crippen LogP contribution in [0.5, 0.6) is 11.5 Å². The van der Waals surface area contributed by atoms with Crippen molar-refractivity contribution in [2.45, 2.75) is 30.9 Å². The number of benzene rings is 3. The van der Waals surface area contributed by atoms with Crippen molar-refractivity contribution in [1.29, 1.82) is 5.41 Å². The molecule has 0 bridgehead atoms. The molecule has 3 aromatic carbocycles. The van der Waals surface area contributed by atoms with E-state index in [9.17, 15) is 35.5 Å². The second kappa shape index (κ2) is 11.8. The van der Waals surface area contributed by atoms with E-state index in [-0.39, 0.29) is 56.8 Å². The zero-order chi connectivity index (χ0) is 33.8. The molecular formula is C29H21ClF6N3O6S+. The number of aliphatic hydroxyl groups is 1. The number of rotatable bonds is 8. The van der Waals surface area contributed by atoms with Gasteiger partial charge < -0.3 is 19.0 Å². The summed E-state index contributed by atoms with van der Waals surface area (Å²) in [6.45, 7) is 0.577. The SMILES string of the molecule is Cc1nc(-c2ccc3c(c2)OC(F)(F)O3)c(-c2cc(-c3cc(F)c(CO)c(S(C)(=O)=O)c3)ccc2[NH2+]/C(Cl)=C\C(=N)C(F)(F)F)o1. The predicted octanol–water partition coefficient (Wildman–Crippen LogP) is 6.20. The van der Waals surface area contributed by atoms with Crippen molar-refractivity contribution in [3.63, 3.8) is 0 Å². The van der Waals surface area contributed by atoms with Crippen LogP contribution in [0.2, 0.25) is 0 Å². The molecule has 0 atom stereocenters. The Balaban J connectivity index is 1.70. The normalized spacial score (nSPS) is 14.5. The van der Waals surface area contributed by atoms with E-state index in [0.29, 0.717) is 6.08 Å². The lowest BCUT2D eigenvalue weighted by Gasteiger charge is -2.13. The van der Waals surface area contributed by atoms with Crippen molar-refractivity contribution in [2.75, 3.05) is 6.26 Å². The first kappa shape index (κ1) is 33.0. The predicted molar refractivity (Wildman–Crippen MR) is 152 cm³/mol. The van der Waals surface area contributed by atoms with Crippen molar-refractivity contribution in [3.8, 4) is 45.2 Å². The molecule has 2 heterocycles. The Morgan fingerprint density at radius 1 is 1.07 bits per heavy atom. The Bertz CT molecular complexity index is 2030. The van der Waals surface area contributed by atoms with Crippen LogP contribution in [0, 0.1) is 18.2 Å². The van der Waals surface area contributed by atoms with Gasteiger partial charge in [-0.3, -0.25) is 10.7 Å². The second-order valence-electron chi connectivity index (χ2n) is 9.99. The number of halogens is 7. The average Bonchev–Trinajstić information content (AvgIpc) is 3.48. The molecule has 1 aliphatic rings. The number of sulfone groups is 1. The molecule has 1 aromatic heterocycles. The number of nitrogens with one attached hydrogen (secondary N) is 1. The van der Waals surface area contributed by atoms with Crippen LogP contribution in [0.1, 0.15) is 11.5 Å². The van der Waals surface area contributed by atoms with Crippen molar-refractivity contribution in [3.05, 3.63) is 77.0 Å². The summed E-state index contributed by atoms with van der Waals surface area (Å²) in [4.78, 5) is 3.88. The molecule has 5 rings (SSSR count). The molecule has 17 heteroatoms. The lowest BCUT2D eigenvalue weighted by atomic mass is 9.97. The van der Waals surface area contributed by atoms with E-state index in [0.717, 1.165) is 23.7 Å². The maximum absolute atomic E-state index is 15.0. The molecule has 46 heavy (non-hydrogen) atoms. The highest BCUT2D eigenvalue weighted by Gasteiger charge is 2.43. The molecule has 0 aliphatic carbocycles. The summed E-state index contributed by atoms with van der Waals surface area (Å²) in [5.41, 5.74) is -1.40. The van der Waals surface area contributed by atoms with E-state index in [1.165, 1.54) is 43.3 Å². The number of nitrogens with two attached hydrogens (primary N) is 1. The first-order valence-electron chi connectivity index (χ1n) is 12.9. The Hall–Kier alpha value is -4.38. The fourth-order valence-corrected chi connectivity index (χ4v) is 5.81. The standard InChI is InChI=1S/C29H20ClF6N3O6S/c1-13-38-26(15-4-6-21-22(9-15)45-29(35,36)44-21)27(43-13)17-7-14(3-5-20(17)39-25(30)11-24(37)28(32,33)34)16-8-19(31)18(12-40)23(10-16)46(2,41)42/h3-11,37,39-40H,12H2,1-2H3/p+1/b25-11-,37-24?. The third-order valence-electron chi connectivity index (χ3n) is 6.63. The lowest BCUT2D eigenvalue weighted by molar-refractivity contribution is -0.505. The summed E-state index contributed by atoms with van der Waals surface area (Å²) >= 11 is 6.09. The topological polar surface area (TPSA) is 139 Å². The molecule has 0 radical (unpaired) electrons. The number of aromatic nitrogens is 1. The van der Waals surface area contributed by atoms with Gasteiger partial charge in [-0.25, -0.2) is 17.8 Å². The van der Waals surface area contributed by atoms with Crippen LogP contribution >= 0.6 is 11.6 Å². The number of fused-ring (bicyclic) bond motifs is 1. The van der Waals surface area contributed by atoms with Gasteiger partial charge in [0.15, 0.2) is 33.0 Å². The van der Waals surface area contributed by atoms with Crippen LogP contribution in [0.25, 0.3) is 33.7 Å². The maximum atomic E-state index is 15.0. The Labute approximate surface area is 261 Å². The smallest absolute Gasteiger partial charge is 0.440 e. The number of oxazole rings is 1. The van der Waals surface area contributed by atoms with Gasteiger partial charge in [0, 0.05) is 36.4 Å². The molecule has 0 unspecified atom stereocenters. The number of ether oxygens (including phenoxy) is 2. The molecular weight excluding hydrogens is 668 g/mol. The summed E-state index contributed by atoms with van der Waals surface area (Å²) in [5.74, 6) is -1.50. The number of alkyl halides is 5. The molecule has 1 aliphatic heterocycles. The lowest BCUT2D eigenvalue weighted by Crippen LogP contribution is -2.74. The molecule has 0 saturated carbocycles. The number of aliphatic hydroxyl groups excluding tert-OH is 1. The maximum Gasteiger partial charge on any atom is 0.586 e. The van der Waals surface area contributed by atoms with Gasteiger partial charge in [-0.1, -0.05) is 0 Å². The molecule has 242 valence electrons. The van der Waals surface area contributed by atoms with Crippen molar-refractivity contribution < 1.29 is 59.1 Å². The van der Waals surface area contributed by atoms with Gasteiger partial charge >= 0.3 is 12.5 Å². The molecule has 4 N–H and O–H groups in total. The third-order valence-corrected chi connectivity index (χ3v) is 8.01. The first-order valence-corrected chi connectivity index (χ1v) is 15.2. The van der Waals surface area contributed by atoms with Crippen LogP contribution in [-0.2, 0) is 16.4 Å². The minimum Gasteiger partial charge on any atom is -0.440 e. The first-order chi connectivity index (χ1) is 21.4. The van der Waals surface area contributed by atoms with Crippen molar-refractivity contribution in [2.24, 2.45) is 0 Å². The highest BCUT2D eigenvalue weighted by atomic mass is 35.5. The molecule has 0 amide bonds. The number of quaternary nitrogens is 1. The fraction of sp³-hybridized carbons (Fsp3) is 0.172. The van der Waals surface area contributed by atoms with Gasteiger partial charge in [0.05, 0.1) is 17.1 Å². The second-order valence-corrected chi connectivity index (χ2v) is 12.4. The van der Waals surface area contributed by atoms with E-state index < -0.39 is 56.1 Å². The Morgan fingerprint density at radius 3 is 2.39 bits per heavy atom. The molecule has 0 spiro atoms. The molecule has 0 saturated heterocycles. The van der Waals surface area contributed by atoms with E-state index in [1.54, 1.807) is 0 Å². The number of hydrogen-bond acceptors (Lipinski definition) is 8. The van der Waals surface area contributed by atoms with Gasteiger partial charge in [-0.05, 0) is 65.2 Å². The van der Waals surface area contributed by atoms with Crippen molar-refractivity contribution >= 4 is 32.8 Å². The quantitative estimate of drug-likeness (QED) is 0.0868. The van der Waals surface area contributed by atoms with E-state index in [2.05, 4.69) is 14.5 Å². The molecule has 4 aromatic rings. The van der Waals surface area contributed by atoms with Gasteiger partial charge in [-0.15, -0.1) is 8.78 Å². The number of aryl methyl sites for hydroxylation is 1.